The Labute approximate surface area is 116 Å². The van der Waals surface area contributed by atoms with E-state index in [1.54, 1.807) is 12.1 Å². The molecule has 0 bridgehead atoms. The molecule has 0 heterocycles. The van der Waals surface area contributed by atoms with E-state index < -0.39 is 12.0 Å². The van der Waals surface area contributed by atoms with Gasteiger partial charge in [0.2, 0.25) is 0 Å². The summed E-state index contributed by atoms with van der Waals surface area (Å²) in [5.41, 5.74) is 7.00. The van der Waals surface area contributed by atoms with Crippen LogP contribution in [-0.2, 0) is 6.42 Å². The van der Waals surface area contributed by atoms with E-state index in [-0.39, 0.29) is 16.9 Å². The van der Waals surface area contributed by atoms with Crippen molar-refractivity contribution in [3.63, 3.8) is 0 Å². The summed E-state index contributed by atoms with van der Waals surface area (Å²) in [6.45, 7) is 0. The molecule has 0 aliphatic carbocycles. The molecule has 3 N–H and O–H groups in total. The van der Waals surface area contributed by atoms with Crippen LogP contribution in [0.4, 0.5) is 0 Å². The number of aromatic carboxylic acids is 1. The highest BCUT2D eigenvalue weighted by Gasteiger charge is 2.21. The maximum atomic E-state index is 12.3. The summed E-state index contributed by atoms with van der Waals surface area (Å²) in [5.74, 6) is -1.48. The molecule has 4 nitrogen and oxygen atoms in total. The van der Waals surface area contributed by atoms with E-state index in [2.05, 4.69) is 0 Å². The van der Waals surface area contributed by atoms with Crippen molar-refractivity contribution < 1.29 is 14.7 Å². The molecule has 0 fully saturated rings. The zero-order valence-corrected chi connectivity index (χ0v) is 10.8. The first-order valence-electron chi connectivity index (χ1n) is 6.25. The lowest BCUT2D eigenvalue weighted by atomic mass is 9.95. The van der Waals surface area contributed by atoms with Gasteiger partial charge in [0.1, 0.15) is 0 Å². The molecule has 20 heavy (non-hydrogen) atoms. The first-order valence-corrected chi connectivity index (χ1v) is 6.25. The number of hydrogen-bond donors (Lipinski definition) is 2. The van der Waals surface area contributed by atoms with Gasteiger partial charge in [0.15, 0.2) is 5.78 Å². The van der Waals surface area contributed by atoms with Gasteiger partial charge in [-0.2, -0.15) is 0 Å². The number of ketones is 1. The van der Waals surface area contributed by atoms with Crippen LogP contribution >= 0.6 is 0 Å². The second-order valence-corrected chi connectivity index (χ2v) is 4.51. The normalized spacial score (nSPS) is 11.8. The van der Waals surface area contributed by atoms with Crippen molar-refractivity contribution in [3.8, 4) is 0 Å². The zero-order chi connectivity index (χ0) is 14.5. The molecule has 0 saturated heterocycles. The molecule has 0 aromatic heterocycles. The standard InChI is InChI=1S/C16H15NO3/c17-14(10-11-6-2-1-3-7-11)15(18)12-8-4-5-9-13(12)16(19)20/h1-9,14H,10,17H2,(H,19,20)/t14-/m0/s1. The SMILES string of the molecule is N[C@@H](Cc1ccccc1)C(=O)c1ccccc1C(=O)O. The van der Waals surface area contributed by atoms with E-state index in [4.69, 9.17) is 10.8 Å². The molecule has 1 atom stereocenters. The topological polar surface area (TPSA) is 80.4 Å². The van der Waals surface area contributed by atoms with Gasteiger partial charge in [0, 0.05) is 5.56 Å². The number of carbonyl (C=O) groups excluding carboxylic acids is 1. The van der Waals surface area contributed by atoms with E-state index in [1.165, 1.54) is 12.1 Å². The molecule has 2 aromatic carbocycles. The average Bonchev–Trinajstić information content (AvgIpc) is 2.47. The zero-order valence-electron chi connectivity index (χ0n) is 10.8. The van der Waals surface area contributed by atoms with Gasteiger partial charge >= 0.3 is 5.97 Å². The monoisotopic (exact) mass is 269 g/mol. The van der Waals surface area contributed by atoms with Crippen molar-refractivity contribution >= 4 is 11.8 Å². The van der Waals surface area contributed by atoms with Crippen LogP contribution in [0, 0.1) is 0 Å². The van der Waals surface area contributed by atoms with Crippen LogP contribution in [-0.4, -0.2) is 22.9 Å². The van der Waals surface area contributed by atoms with E-state index in [0.717, 1.165) is 5.56 Å². The quantitative estimate of drug-likeness (QED) is 0.815. The van der Waals surface area contributed by atoms with E-state index in [9.17, 15) is 9.59 Å². The molecule has 0 aliphatic rings. The molecule has 0 aliphatic heterocycles. The first-order chi connectivity index (χ1) is 9.59. The van der Waals surface area contributed by atoms with Crippen LogP contribution in [0.3, 0.4) is 0 Å². The minimum Gasteiger partial charge on any atom is -0.478 e. The molecule has 102 valence electrons. The molecular formula is C16H15NO3. The lowest BCUT2D eigenvalue weighted by Crippen LogP contribution is -2.33. The minimum atomic E-state index is -1.12. The van der Waals surface area contributed by atoms with Crippen molar-refractivity contribution in [2.24, 2.45) is 5.73 Å². The second-order valence-electron chi connectivity index (χ2n) is 4.51. The first kappa shape index (κ1) is 14.0. The van der Waals surface area contributed by atoms with E-state index in [1.807, 2.05) is 30.3 Å². The fraction of sp³-hybridized carbons (Fsp3) is 0.125. The van der Waals surface area contributed by atoms with Crippen LogP contribution in [0.25, 0.3) is 0 Å². The van der Waals surface area contributed by atoms with Gasteiger partial charge in [-0.15, -0.1) is 0 Å². The number of carbonyl (C=O) groups is 2. The van der Waals surface area contributed by atoms with Crippen LogP contribution < -0.4 is 5.73 Å². The summed E-state index contributed by atoms with van der Waals surface area (Å²) in [6, 6.07) is 14.8. The number of rotatable bonds is 5. The smallest absolute Gasteiger partial charge is 0.336 e. The minimum absolute atomic E-state index is 0.0130. The Bertz CT molecular complexity index is 623. The summed E-state index contributed by atoms with van der Waals surface area (Å²) in [5, 5.41) is 9.09. The molecule has 0 saturated carbocycles. The summed E-state index contributed by atoms with van der Waals surface area (Å²) in [6.07, 6.45) is 0.383. The number of carboxylic acid groups (broad SMARTS) is 1. The summed E-state index contributed by atoms with van der Waals surface area (Å²) < 4.78 is 0. The summed E-state index contributed by atoms with van der Waals surface area (Å²) in [7, 11) is 0. The van der Waals surface area contributed by atoms with Gasteiger partial charge in [-0.3, -0.25) is 4.79 Å². The Hall–Kier alpha value is -2.46. The molecular weight excluding hydrogens is 254 g/mol. The highest BCUT2D eigenvalue weighted by molar-refractivity contribution is 6.08. The Morgan fingerprint density at radius 3 is 2.10 bits per heavy atom. The Balaban J connectivity index is 2.21. The number of hydrogen-bond acceptors (Lipinski definition) is 3. The number of benzene rings is 2. The fourth-order valence-electron chi connectivity index (χ4n) is 2.04. The van der Waals surface area contributed by atoms with Gasteiger partial charge in [0.25, 0.3) is 0 Å². The average molecular weight is 269 g/mol. The Kier molecular flexibility index (Phi) is 4.27. The van der Waals surface area contributed by atoms with Crippen LogP contribution in [0.5, 0.6) is 0 Å². The third-order valence-corrected chi connectivity index (χ3v) is 3.06. The van der Waals surface area contributed by atoms with Crippen molar-refractivity contribution in [1.82, 2.24) is 0 Å². The van der Waals surface area contributed by atoms with Crippen molar-refractivity contribution in [2.45, 2.75) is 12.5 Å². The molecule has 4 heteroatoms. The predicted octanol–water partition coefficient (Wildman–Crippen LogP) is 2.14. The van der Waals surface area contributed by atoms with Crippen molar-refractivity contribution in [2.75, 3.05) is 0 Å². The third-order valence-electron chi connectivity index (χ3n) is 3.06. The fourth-order valence-corrected chi connectivity index (χ4v) is 2.04. The maximum absolute atomic E-state index is 12.3. The molecule has 2 rings (SSSR count). The van der Waals surface area contributed by atoms with Crippen LogP contribution in [0.15, 0.2) is 54.6 Å². The van der Waals surface area contributed by atoms with Gasteiger partial charge in [0.05, 0.1) is 11.6 Å². The van der Waals surface area contributed by atoms with E-state index >= 15 is 0 Å². The molecule has 0 amide bonds. The van der Waals surface area contributed by atoms with Crippen molar-refractivity contribution in [1.29, 1.82) is 0 Å². The predicted molar refractivity (Wildman–Crippen MR) is 75.9 cm³/mol. The molecule has 0 spiro atoms. The summed E-state index contributed by atoms with van der Waals surface area (Å²) >= 11 is 0. The molecule has 2 aromatic rings. The van der Waals surface area contributed by atoms with Crippen LogP contribution in [0.1, 0.15) is 26.3 Å². The Morgan fingerprint density at radius 1 is 0.950 bits per heavy atom. The number of nitrogens with two attached hydrogens (primary N) is 1. The highest BCUT2D eigenvalue weighted by atomic mass is 16.4. The van der Waals surface area contributed by atoms with Gasteiger partial charge in [-0.1, -0.05) is 48.5 Å². The van der Waals surface area contributed by atoms with Gasteiger partial charge in [-0.05, 0) is 18.1 Å². The van der Waals surface area contributed by atoms with E-state index in [0.29, 0.717) is 6.42 Å². The van der Waals surface area contributed by atoms with Gasteiger partial charge in [-0.25, -0.2) is 4.79 Å². The van der Waals surface area contributed by atoms with Crippen molar-refractivity contribution in [3.05, 3.63) is 71.3 Å². The molecule has 0 unspecified atom stereocenters. The molecule has 0 radical (unpaired) electrons. The largest absolute Gasteiger partial charge is 0.478 e. The third kappa shape index (κ3) is 3.10. The Morgan fingerprint density at radius 2 is 1.50 bits per heavy atom. The maximum Gasteiger partial charge on any atom is 0.336 e. The highest BCUT2D eigenvalue weighted by Crippen LogP contribution is 2.13. The van der Waals surface area contributed by atoms with Gasteiger partial charge < -0.3 is 10.8 Å². The van der Waals surface area contributed by atoms with Crippen LogP contribution in [0.2, 0.25) is 0 Å². The number of carboxylic acids is 1. The lowest BCUT2D eigenvalue weighted by Gasteiger charge is -2.12. The lowest BCUT2D eigenvalue weighted by molar-refractivity contribution is 0.0691. The summed E-state index contributed by atoms with van der Waals surface area (Å²) in [4.78, 5) is 23.4. The second kappa shape index (κ2) is 6.12. The number of Topliss-reactive ketones (excluding diaryl/α,β-unsaturated/α-hetero) is 1.